The number of alkyl halides is 2. The summed E-state index contributed by atoms with van der Waals surface area (Å²) >= 11 is 0. The molecule has 0 fully saturated rings. The van der Waals surface area contributed by atoms with Gasteiger partial charge in [0.1, 0.15) is 17.4 Å². The third kappa shape index (κ3) is 7.18. The maximum atomic E-state index is 14.9. The SMILES string of the molecule is C/C=C/CCc1ccc(-c2ccc(C(F)(F)Oc3ccc(-c4cc(F)c(OC=C(F)F)c(F)c4)cc3)c(F)c2)c(F)c1. The first-order valence-corrected chi connectivity index (χ1v) is 12.5. The van der Waals surface area contributed by atoms with Crippen molar-refractivity contribution < 1.29 is 44.6 Å². The van der Waals surface area contributed by atoms with E-state index in [0.717, 1.165) is 54.4 Å². The largest absolute Gasteiger partial charge is 0.453 e. The number of ether oxygens (including phenoxy) is 2. The maximum absolute atomic E-state index is 14.9. The molecule has 0 heterocycles. The Balaban J connectivity index is 1.50. The average Bonchev–Trinajstić information content (AvgIpc) is 2.92. The highest BCUT2D eigenvalue weighted by Gasteiger charge is 2.38. The molecule has 0 saturated carbocycles. The lowest BCUT2D eigenvalue weighted by Gasteiger charge is -2.19. The molecule has 0 aliphatic heterocycles. The van der Waals surface area contributed by atoms with Crippen LogP contribution in [0.5, 0.6) is 11.5 Å². The third-order valence-corrected chi connectivity index (χ3v) is 6.16. The Kier molecular flexibility index (Phi) is 9.35. The van der Waals surface area contributed by atoms with E-state index in [1.165, 1.54) is 24.3 Å². The Morgan fingerprint density at radius 2 is 1.38 bits per heavy atom. The second-order valence-electron chi connectivity index (χ2n) is 9.05. The number of aryl methyl sites for hydroxylation is 1. The first-order valence-electron chi connectivity index (χ1n) is 12.5. The predicted octanol–water partition coefficient (Wildman–Crippen LogP) is 10.3. The zero-order valence-electron chi connectivity index (χ0n) is 21.9. The first-order chi connectivity index (χ1) is 20.0. The molecule has 4 rings (SSSR count). The average molecular weight is 591 g/mol. The van der Waals surface area contributed by atoms with Crippen LogP contribution in [0.2, 0.25) is 0 Å². The van der Waals surface area contributed by atoms with Gasteiger partial charge in [-0.25, -0.2) is 17.6 Å². The van der Waals surface area contributed by atoms with Crippen LogP contribution in [0.3, 0.4) is 0 Å². The van der Waals surface area contributed by atoms with Crippen molar-refractivity contribution in [3.8, 4) is 33.8 Å². The summed E-state index contributed by atoms with van der Waals surface area (Å²) in [5, 5.41) is 0. The third-order valence-electron chi connectivity index (χ3n) is 6.16. The topological polar surface area (TPSA) is 18.5 Å². The van der Waals surface area contributed by atoms with Crippen LogP contribution >= 0.6 is 0 Å². The summed E-state index contributed by atoms with van der Waals surface area (Å²) in [5.74, 6) is -5.91. The van der Waals surface area contributed by atoms with Crippen LogP contribution < -0.4 is 9.47 Å². The molecule has 218 valence electrons. The van der Waals surface area contributed by atoms with E-state index >= 15 is 0 Å². The summed E-state index contributed by atoms with van der Waals surface area (Å²) in [6.45, 7) is 1.88. The minimum absolute atomic E-state index is 0.0416. The van der Waals surface area contributed by atoms with E-state index in [2.05, 4.69) is 4.74 Å². The monoisotopic (exact) mass is 590 g/mol. The molecule has 0 bridgehead atoms. The minimum Gasteiger partial charge on any atom is -0.453 e. The Bertz CT molecular complexity index is 1600. The molecule has 0 aromatic heterocycles. The summed E-state index contributed by atoms with van der Waals surface area (Å²) in [4.78, 5) is 0. The highest BCUT2D eigenvalue weighted by molar-refractivity contribution is 5.66. The molecule has 0 aliphatic carbocycles. The van der Waals surface area contributed by atoms with E-state index < -0.39 is 52.5 Å². The lowest BCUT2D eigenvalue weighted by molar-refractivity contribution is -0.187. The Morgan fingerprint density at radius 1 is 0.738 bits per heavy atom. The summed E-state index contributed by atoms with van der Waals surface area (Å²) in [6.07, 6.45) is -1.39. The Morgan fingerprint density at radius 3 is 1.98 bits per heavy atom. The van der Waals surface area contributed by atoms with Gasteiger partial charge in [0, 0.05) is 5.56 Å². The van der Waals surface area contributed by atoms with E-state index in [4.69, 9.17) is 4.74 Å². The molecule has 42 heavy (non-hydrogen) atoms. The lowest BCUT2D eigenvalue weighted by Crippen LogP contribution is -2.23. The smallest absolute Gasteiger partial charge is 0.429 e. The number of rotatable bonds is 10. The summed E-state index contributed by atoms with van der Waals surface area (Å²) in [6, 6.07) is 13.4. The molecule has 4 aromatic carbocycles. The van der Waals surface area contributed by atoms with Crippen LogP contribution in [0.15, 0.2) is 97.3 Å². The summed E-state index contributed by atoms with van der Waals surface area (Å²) in [7, 11) is 0. The van der Waals surface area contributed by atoms with Crippen molar-refractivity contribution in [1.82, 2.24) is 0 Å². The molecule has 0 N–H and O–H groups in total. The normalized spacial score (nSPS) is 11.5. The zero-order valence-corrected chi connectivity index (χ0v) is 21.9. The zero-order chi connectivity index (χ0) is 30.4. The van der Waals surface area contributed by atoms with Crippen molar-refractivity contribution in [2.24, 2.45) is 0 Å². The van der Waals surface area contributed by atoms with E-state index in [1.54, 1.807) is 6.07 Å². The van der Waals surface area contributed by atoms with Crippen LogP contribution in [0.1, 0.15) is 24.5 Å². The molecule has 4 aromatic rings. The molecule has 10 heteroatoms. The number of benzene rings is 4. The van der Waals surface area contributed by atoms with Gasteiger partial charge in [0.2, 0.25) is 0 Å². The number of hydrogen-bond acceptors (Lipinski definition) is 2. The van der Waals surface area contributed by atoms with Crippen molar-refractivity contribution in [2.75, 3.05) is 0 Å². The summed E-state index contributed by atoms with van der Waals surface area (Å²) < 4.78 is 121. The van der Waals surface area contributed by atoms with E-state index in [-0.39, 0.29) is 28.5 Å². The van der Waals surface area contributed by atoms with Crippen molar-refractivity contribution in [3.05, 3.63) is 132 Å². The minimum atomic E-state index is -4.13. The van der Waals surface area contributed by atoms with Gasteiger partial charge in [-0.1, -0.05) is 42.5 Å². The first kappa shape index (κ1) is 30.4. The quantitative estimate of drug-likeness (QED) is 0.104. The molecule has 0 unspecified atom stereocenters. The van der Waals surface area contributed by atoms with Crippen molar-refractivity contribution in [2.45, 2.75) is 25.9 Å². The highest BCUT2D eigenvalue weighted by Crippen LogP contribution is 2.37. The molecular weight excluding hydrogens is 568 g/mol. The number of hydrogen-bond donors (Lipinski definition) is 0. The molecular formula is C32H22F8O2. The molecule has 0 spiro atoms. The van der Waals surface area contributed by atoms with Gasteiger partial charge < -0.3 is 9.47 Å². The fourth-order valence-electron chi connectivity index (χ4n) is 4.14. The van der Waals surface area contributed by atoms with Crippen LogP contribution in [0.4, 0.5) is 35.1 Å². The van der Waals surface area contributed by atoms with Gasteiger partial charge in [0.25, 0.3) is 0 Å². The predicted molar refractivity (Wildman–Crippen MR) is 142 cm³/mol. The molecule has 0 amide bonds. The standard InChI is InChI=1S/C32H22F8O2/c1-2-3-4-5-19-6-12-24(26(33)14-19)21-9-13-25(27(34)15-21)32(39,40)42-23-10-7-20(8-11-23)22-16-28(35)31(29(36)17-22)41-18-30(37)38/h2-3,6-18H,4-5H2,1H3/b3-2+. The number of allylic oxidation sites excluding steroid dienone is 2. The Hall–Kier alpha value is -4.60. The highest BCUT2D eigenvalue weighted by atomic mass is 19.3. The second-order valence-corrected chi connectivity index (χ2v) is 9.05. The van der Waals surface area contributed by atoms with Crippen molar-refractivity contribution in [1.29, 1.82) is 0 Å². The van der Waals surface area contributed by atoms with Crippen LogP contribution in [-0.4, -0.2) is 0 Å². The van der Waals surface area contributed by atoms with Gasteiger partial charge in [0.05, 0.1) is 5.56 Å². The van der Waals surface area contributed by atoms with E-state index in [1.807, 2.05) is 19.1 Å². The van der Waals surface area contributed by atoms with Gasteiger partial charge >= 0.3 is 12.2 Å². The number of halogens is 8. The van der Waals surface area contributed by atoms with Gasteiger partial charge in [-0.3, -0.25) is 0 Å². The summed E-state index contributed by atoms with van der Waals surface area (Å²) in [5.41, 5.74) is -0.101. The molecule has 0 radical (unpaired) electrons. The van der Waals surface area contributed by atoms with Crippen molar-refractivity contribution in [3.63, 3.8) is 0 Å². The van der Waals surface area contributed by atoms with Crippen LogP contribution in [-0.2, 0) is 12.5 Å². The molecule has 0 aliphatic rings. The van der Waals surface area contributed by atoms with Gasteiger partial charge in [-0.05, 0) is 84.5 Å². The molecule has 2 nitrogen and oxygen atoms in total. The van der Waals surface area contributed by atoms with Gasteiger partial charge in [0.15, 0.2) is 23.6 Å². The van der Waals surface area contributed by atoms with Gasteiger partial charge in [-0.15, -0.1) is 0 Å². The van der Waals surface area contributed by atoms with Gasteiger partial charge in [-0.2, -0.15) is 17.6 Å². The van der Waals surface area contributed by atoms with Crippen molar-refractivity contribution >= 4 is 0 Å². The van der Waals surface area contributed by atoms with Crippen LogP contribution in [0, 0.1) is 23.3 Å². The Labute approximate surface area is 236 Å². The van der Waals surface area contributed by atoms with Crippen LogP contribution in [0.25, 0.3) is 22.3 Å². The fraction of sp³-hybridized carbons (Fsp3) is 0.125. The van der Waals surface area contributed by atoms with E-state index in [9.17, 15) is 35.1 Å². The fourth-order valence-corrected chi connectivity index (χ4v) is 4.14. The van der Waals surface area contributed by atoms with E-state index in [0.29, 0.717) is 6.42 Å². The lowest BCUT2D eigenvalue weighted by atomic mass is 9.99. The molecule has 0 saturated heterocycles. The maximum Gasteiger partial charge on any atom is 0.429 e. The second kappa shape index (κ2) is 12.9. The molecule has 0 atom stereocenters.